The van der Waals surface area contributed by atoms with E-state index >= 15 is 0 Å². The van der Waals surface area contributed by atoms with Crippen molar-refractivity contribution in [3.8, 4) is 16.9 Å². The fourth-order valence-corrected chi connectivity index (χ4v) is 3.16. The van der Waals surface area contributed by atoms with Crippen LogP contribution in [0.4, 0.5) is 0 Å². The van der Waals surface area contributed by atoms with Gasteiger partial charge in [0.05, 0.1) is 6.61 Å². The average molecular weight is 439 g/mol. The summed E-state index contributed by atoms with van der Waals surface area (Å²) in [6.07, 6.45) is 2.01. The summed E-state index contributed by atoms with van der Waals surface area (Å²) in [5.74, 6) is 0.839. The molecule has 0 saturated heterocycles. The highest BCUT2D eigenvalue weighted by Gasteiger charge is 2.06. The molecule has 3 rings (SSSR count). The van der Waals surface area contributed by atoms with E-state index in [9.17, 15) is 4.79 Å². The Morgan fingerprint density at radius 2 is 1.48 bits per heavy atom. The molecular formula is C26H31ClN2O2. The second-order valence-corrected chi connectivity index (χ2v) is 7.60. The molecule has 0 aromatic heterocycles. The molecule has 0 saturated carbocycles. The Labute approximate surface area is 191 Å². The molecule has 31 heavy (non-hydrogen) atoms. The number of benzene rings is 3. The van der Waals surface area contributed by atoms with E-state index in [2.05, 4.69) is 41.7 Å². The quantitative estimate of drug-likeness (QED) is 0.449. The number of ether oxygens (including phenoxy) is 1. The predicted octanol–water partition coefficient (Wildman–Crippen LogP) is 5.08. The Kier molecular flexibility index (Phi) is 10.1. The van der Waals surface area contributed by atoms with Gasteiger partial charge < -0.3 is 15.0 Å². The van der Waals surface area contributed by atoms with Crippen LogP contribution in [0.3, 0.4) is 0 Å². The van der Waals surface area contributed by atoms with Crippen molar-refractivity contribution in [1.29, 1.82) is 0 Å². The zero-order valence-electron chi connectivity index (χ0n) is 18.2. The molecule has 0 radical (unpaired) electrons. The summed E-state index contributed by atoms with van der Waals surface area (Å²) in [4.78, 5) is 14.2. The molecule has 1 amide bonds. The van der Waals surface area contributed by atoms with Crippen molar-refractivity contribution in [3.63, 3.8) is 0 Å². The van der Waals surface area contributed by atoms with Gasteiger partial charge in [-0.25, -0.2) is 0 Å². The average Bonchev–Trinajstić information content (AvgIpc) is 2.78. The van der Waals surface area contributed by atoms with Crippen molar-refractivity contribution in [2.45, 2.75) is 12.8 Å². The van der Waals surface area contributed by atoms with Crippen LogP contribution in [0.1, 0.15) is 22.3 Å². The number of carbonyl (C=O) groups is 1. The van der Waals surface area contributed by atoms with Crippen molar-refractivity contribution >= 4 is 18.3 Å². The molecule has 1 N–H and O–H groups in total. The highest BCUT2D eigenvalue weighted by atomic mass is 35.5. The van der Waals surface area contributed by atoms with Crippen LogP contribution in [-0.4, -0.2) is 44.6 Å². The van der Waals surface area contributed by atoms with Gasteiger partial charge in [0.1, 0.15) is 5.75 Å². The molecule has 3 aromatic carbocycles. The van der Waals surface area contributed by atoms with Crippen LogP contribution in [0.2, 0.25) is 0 Å². The zero-order valence-corrected chi connectivity index (χ0v) is 19.0. The molecule has 0 aliphatic heterocycles. The minimum atomic E-state index is -0.0392. The van der Waals surface area contributed by atoms with Crippen LogP contribution < -0.4 is 10.1 Å². The summed E-state index contributed by atoms with van der Waals surface area (Å²) >= 11 is 0. The van der Waals surface area contributed by atoms with E-state index in [1.54, 1.807) is 0 Å². The Hall–Kier alpha value is -2.82. The molecule has 3 aromatic rings. The first kappa shape index (κ1) is 24.4. The van der Waals surface area contributed by atoms with Gasteiger partial charge in [0.2, 0.25) is 0 Å². The van der Waals surface area contributed by atoms with Crippen LogP contribution >= 0.6 is 12.4 Å². The lowest BCUT2D eigenvalue weighted by Gasteiger charge is -2.11. The Morgan fingerprint density at radius 1 is 0.871 bits per heavy atom. The zero-order chi connectivity index (χ0) is 21.2. The Bertz CT molecular complexity index is 910. The first-order valence-electron chi connectivity index (χ1n) is 10.4. The van der Waals surface area contributed by atoms with Crippen molar-refractivity contribution in [2.75, 3.05) is 33.8 Å². The lowest BCUT2D eigenvalue weighted by molar-refractivity contribution is 0.0951. The fraction of sp³-hybridized carbons (Fsp3) is 0.269. The molecule has 0 spiro atoms. The van der Waals surface area contributed by atoms with E-state index in [1.807, 2.05) is 61.5 Å². The summed E-state index contributed by atoms with van der Waals surface area (Å²) in [7, 11) is 3.98. The molecule has 0 unspecified atom stereocenters. The molecule has 0 aliphatic carbocycles. The van der Waals surface area contributed by atoms with Gasteiger partial charge in [-0.2, -0.15) is 0 Å². The van der Waals surface area contributed by atoms with Crippen LogP contribution in [-0.2, 0) is 6.42 Å². The third-order valence-electron chi connectivity index (χ3n) is 4.90. The van der Waals surface area contributed by atoms with E-state index < -0.39 is 0 Å². The highest BCUT2D eigenvalue weighted by Crippen LogP contribution is 2.23. The maximum Gasteiger partial charge on any atom is 0.251 e. The second kappa shape index (κ2) is 12.8. The number of likely N-dealkylation sites (N-methyl/N-ethyl adjacent to an activating group) is 1. The van der Waals surface area contributed by atoms with Crippen molar-refractivity contribution in [3.05, 3.63) is 90.0 Å². The van der Waals surface area contributed by atoms with E-state index in [0.717, 1.165) is 36.3 Å². The van der Waals surface area contributed by atoms with Gasteiger partial charge in [-0.1, -0.05) is 54.6 Å². The van der Waals surface area contributed by atoms with Gasteiger partial charge in [0.15, 0.2) is 0 Å². The molecule has 0 aliphatic rings. The molecule has 0 bridgehead atoms. The van der Waals surface area contributed by atoms with E-state index in [0.29, 0.717) is 18.7 Å². The lowest BCUT2D eigenvalue weighted by atomic mass is 10.0. The third-order valence-corrected chi connectivity index (χ3v) is 4.90. The number of carbonyl (C=O) groups excluding carboxylic acids is 1. The number of nitrogens with zero attached hydrogens (tertiary/aromatic N) is 1. The van der Waals surface area contributed by atoms with Crippen LogP contribution in [0, 0.1) is 0 Å². The summed E-state index contributed by atoms with van der Waals surface area (Å²) in [5, 5.41) is 2.93. The standard InChI is InChI=1S/C26H30N2O2.ClH/c1-28(2)19-18-27-26(29)24-12-10-22(11-13-24)23-14-16-25(17-15-23)30-20-6-9-21-7-4-3-5-8-21;/h3-5,7-8,10-17H,6,9,18-20H2,1-2H3,(H,27,29);1H. The normalized spacial score (nSPS) is 10.4. The van der Waals surface area contributed by atoms with E-state index in [-0.39, 0.29) is 18.3 Å². The lowest BCUT2D eigenvalue weighted by Crippen LogP contribution is -2.31. The van der Waals surface area contributed by atoms with E-state index in [1.165, 1.54) is 5.56 Å². The van der Waals surface area contributed by atoms with Gasteiger partial charge in [-0.15, -0.1) is 12.4 Å². The Morgan fingerprint density at radius 3 is 2.10 bits per heavy atom. The molecule has 164 valence electrons. The number of rotatable bonds is 10. The van der Waals surface area contributed by atoms with Crippen LogP contribution in [0.15, 0.2) is 78.9 Å². The minimum Gasteiger partial charge on any atom is -0.494 e. The number of halogens is 1. The van der Waals surface area contributed by atoms with Crippen molar-refractivity contribution < 1.29 is 9.53 Å². The number of amides is 1. The van der Waals surface area contributed by atoms with Gasteiger partial charge in [0, 0.05) is 18.7 Å². The predicted molar refractivity (Wildman–Crippen MR) is 130 cm³/mol. The van der Waals surface area contributed by atoms with Gasteiger partial charge in [-0.3, -0.25) is 4.79 Å². The first-order valence-corrected chi connectivity index (χ1v) is 10.4. The summed E-state index contributed by atoms with van der Waals surface area (Å²) in [6.45, 7) is 2.16. The van der Waals surface area contributed by atoms with Gasteiger partial charge in [-0.05, 0) is 67.9 Å². The van der Waals surface area contributed by atoms with Gasteiger partial charge >= 0.3 is 0 Å². The number of aryl methyl sites for hydroxylation is 1. The highest BCUT2D eigenvalue weighted by molar-refractivity contribution is 5.94. The molecule has 0 fully saturated rings. The minimum absolute atomic E-state index is 0. The molecule has 0 atom stereocenters. The maximum absolute atomic E-state index is 12.2. The summed E-state index contributed by atoms with van der Waals surface area (Å²) < 4.78 is 5.87. The Balaban J connectivity index is 0.00000341. The SMILES string of the molecule is CN(C)CCNC(=O)c1ccc(-c2ccc(OCCCc3ccccc3)cc2)cc1.Cl. The van der Waals surface area contributed by atoms with E-state index in [4.69, 9.17) is 4.74 Å². The van der Waals surface area contributed by atoms with Gasteiger partial charge in [0.25, 0.3) is 5.91 Å². The molecule has 0 heterocycles. The largest absolute Gasteiger partial charge is 0.494 e. The number of nitrogens with one attached hydrogen (secondary N) is 1. The maximum atomic E-state index is 12.2. The summed E-state index contributed by atoms with van der Waals surface area (Å²) in [5.41, 5.74) is 4.20. The first-order chi connectivity index (χ1) is 14.6. The monoisotopic (exact) mass is 438 g/mol. The number of hydrogen-bond acceptors (Lipinski definition) is 3. The molecular weight excluding hydrogens is 408 g/mol. The fourth-order valence-electron chi connectivity index (χ4n) is 3.16. The molecule has 5 heteroatoms. The second-order valence-electron chi connectivity index (χ2n) is 7.60. The van der Waals surface area contributed by atoms with Crippen LogP contribution in [0.5, 0.6) is 5.75 Å². The topological polar surface area (TPSA) is 41.6 Å². The van der Waals surface area contributed by atoms with Crippen molar-refractivity contribution in [2.24, 2.45) is 0 Å². The summed E-state index contributed by atoms with van der Waals surface area (Å²) in [6, 6.07) is 26.3. The molecule has 4 nitrogen and oxygen atoms in total. The smallest absolute Gasteiger partial charge is 0.251 e. The third kappa shape index (κ3) is 8.08. The van der Waals surface area contributed by atoms with Crippen molar-refractivity contribution in [1.82, 2.24) is 10.2 Å². The number of hydrogen-bond donors (Lipinski definition) is 1. The van der Waals surface area contributed by atoms with Crippen LogP contribution in [0.25, 0.3) is 11.1 Å².